The van der Waals surface area contributed by atoms with E-state index in [-0.39, 0.29) is 17.1 Å². The van der Waals surface area contributed by atoms with Gasteiger partial charge < -0.3 is 10.2 Å². The Morgan fingerprint density at radius 3 is 3.00 bits per heavy atom. The zero-order valence-corrected chi connectivity index (χ0v) is 11.6. The molecular formula is C11H14ClN3O2S. The molecule has 0 spiro atoms. The Morgan fingerprint density at radius 2 is 2.39 bits per heavy atom. The molecule has 7 heteroatoms. The van der Waals surface area contributed by atoms with Crippen LogP contribution in [0.25, 0.3) is 0 Å². The molecule has 98 valence electrons. The molecule has 1 saturated heterocycles. The smallest absolute Gasteiger partial charge is 0.242 e. The normalized spacial score (nSPS) is 19.7. The predicted octanol–water partition coefficient (Wildman–Crippen LogP) is 1.71. The van der Waals surface area contributed by atoms with Crippen LogP contribution in [0.15, 0.2) is 0 Å². The fraction of sp³-hybridized carbons (Fsp3) is 0.545. The second-order valence-electron chi connectivity index (χ2n) is 4.09. The van der Waals surface area contributed by atoms with E-state index >= 15 is 0 Å². The van der Waals surface area contributed by atoms with Crippen molar-refractivity contribution in [1.29, 1.82) is 0 Å². The van der Waals surface area contributed by atoms with E-state index in [4.69, 9.17) is 11.6 Å². The number of nitrogens with zero attached hydrogens (tertiary/aromatic N) is 2. The summed E-state index contributed by atoms with van der Waals surface area (Å²) in [4.78, 5) is 29.1. The number of aromatic nitrogens is 1. The maximum Gasteiger partial charge on any atom is 0.242 e. The van der Waals surface area contributed by atoms with Crippen molar-refractivity contribution in [1.82, 2.24) is 10.3 Å². The van der Waals surface area contributed by atoms with E-state index in [0.29, 0.717) is 16.3 Å². The van der Waals surface area contributed by atoms with Crippen LogP contribution >= 0.6 is 22.9 Å². The summed E-state index contributed by atoms with van der Waals surface area (Å²) in [6.45, 7) is 0.764. The number of carbonyl (C=O) groups excluding carboxylic acids is 2. The van der Waals surface area contributed by atoms with E-state index in [2.05, 4.69) is 10.3 Å². The molecule has 1 aliphatic heterocycles. The number of thiazole rings is 1. The predicted molar refractivity (Wildman–Crippen MR) is 71.6 cm³/mol. The van der Waals surface area contributed by atoms with Gasteiger partial charge in [0, 0.05) is 13.6 Å². The minimum absolute atomic E-state index is 0.0197. The lowest BCUT2D eigenvalue weighted by Crippen LogP contribution is -2.48. The summed E-state index contributed by atoms with van der Waals surface area (Å²) in [6, 6.07) is -0.217. The lowest BCUT2D eigenvalue weighted by molar-refractivity contribution is -0.122. The molecule has 0 bridgehead atoms. The van der Waals surface area contributed by atoms with Crippen molar-refractivity contribution in [3.8, 4) is 0 Å². The molecule has 1 aromatic rings. The first-order chi connectivity index (χ1) is 8.67. The molecule has 2 heterocycles. The van der Waals surface area contributed by atoms with Gasteiger partial charge in [0.1, 0.15) is 10.9 Å². The third-order valence-electron chi connectivity index (χ3n) is 3.00. The third-order valence-corrected chi connectivity index (χ3v) is 4.42. The molecule has 0 aliphatic carbocycles. The number of halogens is 1. The van der Waals surface area contributed by atoms with Crippen molar-refractivity contribution < 1.29 is 9.59 Å². The van der Waals surface area contributed by atoms with E-state index in [1.807, 2.05) is 4.90 Å². The second-order valence-corrected chi connectivity index (χ2v) is 5.46. The van der Waals surface area contributed by atoms with Crippen molar-refractivity contribution in [2.75, 3.05) is 18.5 Å². The first-order valence-corrected chi connectivity index (χ1v) is 6.96. The van der Waals surface area contributed by atoms with Gasteiger partial charge >= 0.3 is 0 Å². The number of aldehydes is 1. The topological polar surface area (TPSA) is 62.3 Å². The Kier molecular flexibility index (Phi) is 4.19. The van der Waals surface area contributed by atoms with Gasteiger partial charge in [-0.05, 0) is 19.3 Å². The number of hydrogen-bond acceptors (Lipinski definition) is 5. The lowest BCUT2D eigenvalue weighted by Gasteiger charge is -2.34. The van der Waals surface area contributed by atoms with E-state index in [1.54, 1.807) is 7.05 Å². The van der Waals surface area contributed by atoms with Crippen LogP contribution in [-0.2, 0) is 4.79 Å². The summed E-state index contributed by atoms with van der Waals surface area (Å²) in [6.07, 6.45) is 3.53. The van der Waals surface area contributed by atoms with Gasteiger partial charge in [-0.2, -0.15) is 0 Å². The Balaban J connectivity index is 2.27. The maximum absolute atomic E-state index is 11.8. The third kappa shape index (κ3) is 2.49. The van der Waals surface area contributed by atoms with Crippen molar-refractivity contribution >= 4 is 40.3 Å². The molecule has 5 nitrogen and oxygen atoms in total. The summed E-state index contributed by atoms with van der Waals surface area (Å²) >= 11 is 7.10. The van der Waals surface area contributed by atoms with Gasteiger partial charge in [0.15, 0.2) is 16.6 Å². The molecule has 1 aliphatic rings. The lowest BCUT2D eigenvalue weighted by atomic mass is 10.0. The SMILES string of the molecule is CNC(=O)C1CCCCN1c1nc(Cl)c(C=O)s1. The molecule has 18 heavy (non-hydrogen) atoms. The van der Waals surface area contributed by atoms with Crippen LogP contribution in [0.4, 0.5) is 5.13 Å². The Morgan fingerprint density at radius 1 is 1.61 bits per heavy atom. The average Bonchev–Trinajstić information content (AvgIpc) is 2.79. The summed E-state index contributed by atoms with van der Waals surface area (Å²) in [7, 11) is 1.63. The fourth-order valence-corrected chi connectivity index (χ4v) is 3.24. The first-order valence-electron chi connectivity index (χ1n) is 5.77. The van der Waals surface area contributed by atoms with Crippen LogP contribution in [0.2, 0.25) is 5.15 Å². The molecule has 0 saturated carbocycles. The number of amides is 1. The summed E-state index contributed by atoms with van der Waals surface area (Å²) in [5.41, 5.74) is 0. The Hall–Kier alpha value is -1.14. The highest BCUT2D eigenvalue weighted by Crippen LogP contribution is 2.32. The molecule has 1 atom stereocenters. The molecule has 0 aromatic carbocycles. The van der Waals surface area contributed by atoms with Crippen molar-refractivity contribution in [3.63, 3.8) is 0 Å². The van der Waals surface area contributed by atoms with Crippen LogP contribution in [-0.4, -0.2) is 36.8 Å². The van der Waals surface area contributed by atoms with Gasteiger partial charge in [0.25, 0.3) is 0 Å². The molecule has 2 rings (SSSR count). The number of likely N-dealkylation sites (N-methyl/N-ethyl adjacent to an activating group) is 1. The molecule has 0 radical (unpaired) electrons. The number of piperidine rings is 1. The number of rotatable bonds is 3. The number of anilines is 1. The molecular weight excluding hydrogens is 274 g/mol. The fourth-order valence-electron chi connectivity index (χ4n) is 2.10. The van der Waals surface area contributed by atoms with Gasteiger partial charge in [-0.3, -0.25) is 9.59 Å². The van der Waals surface area contributed by atoms with Gasteiger partial charge in [0.05, 0.1) is 0 Å². The van der Waals surface area contributed by atoms with E-state index < -0.39 is 0 Å². The number of hydrogen-bond donors (Lipinski definition) is 1. The van der Waals surface area contributed by atoms with Gasteiger partial charge in [-0.25, -0.2) is 4.98 Å². The van der Waals surface area contributed by atoms with Crippen molar-refractivity contribution in [2.45, 2.75) is 25.3 Å². The van der Waals surface area contributed by atoms with Crippen LogP contribution in [0.1, 0.15) is 28.9 Å². The van der Waals surface area contributed by atoms with Crippen molar-refractivity contribution in [2.24, 2.45) is 0 Å². The van der Waals surface area contributed by atoms with Gasteiger partial charge in [-0.15, -0.1) is 0 Å². The second kappa shape index (κ2) is 5.67. The maximum atomic E-state index is 11.8. The van der Waals surface area contributed by atoms with Gasteiger partial charge in [-0.1, -0.05) is 22.9 Å². The van der Waals surface area contributed by atoms with Gasteiger partial charge in [0.2, 0.25) is 5.91 Å². The van der Waals surface area contributed by atoms with Crippen LogP contribution < -0.4 is 10.2 Å². The van der Waals surface area contributed by atoms with Crippen LogP contribution in [0, 0.1) is 0 Å². The van der Waals surface area contributed by atoms with E-state index in [9.17, 15) is 9.59 Å². The van der Waals surface area contributed by atoms with Crippen LogP contribution in [0.5, 0.6) is 0 Å². The largest absolute Gasteiger partial charge is 0.357 e. The Bertz CT molecular complexity index is 463. The summed E-state index contributed by atoms with van der Waals surface area (Å²) in [5.74, 6) is -0.0197. The minimum atomic E-state index is -0.217. The number of carbonyl (C=O) groups is 2. The standard InChI is InChI=1S/C11H14ClN3O2S/c1-13-10(17)7-4-2-3-5-15(7)11-14-9(12)8(6-16)18-11/h6-7H,2-5H2,1H3,(H,13,17). The monoisotopic (exact) mass is 287 g/mol. The molecule has 1 N–H and O–H groups in total. The summed E-state index contributed by atoms with van der Waals surface area (Å²) < 4.78 is 0. The molecule has 1 unspecified atom stereocenters. The van der Waals surface area contributed by atoms with Crippen molar-refractivity contribution in [3.05, 3.63) is 10.0 Å². The van der Waals surface area contributed by atoms with E-state index in [1.165, 1.54) is 11.3 Å². The average molecular weight is 288 g/mol. The van der Waals surface area contributed by atoms with E-state index in [0.717, 1.165) is 25.8 Å². The first kappa shape index (κ1) is 13.3. The Labute approximate surface area is 114 Å². The minimum Gasteiger partial charge on any atom is -0.357 e. The quantitative estimate of drug-likeness (QED) is 0.860. The zero-order chi connectivity index (χ0) is 13.1. The summed E-state index contributed by atoms with van der Waals surface area (Å²) in [5, 5.41) is 3.53. The highest BCUT2D eigenvalue weighted by atomic mass is 35.5. The molecule has 1 amide bonds. The highest BCUT2D eigenvalue weighted by molar-refractivity contribution is 7.17. The molecule has 1 aromatic heterocycles. The van der Waals surface area contributed by atoms with Crippen LogP contribution in [0.3, 0.4) is 0 Å². The zero-order valence-electron chi connectivity index (χ0n) is 9.98. The highest BCUT2D eigenvalue weighted by Gasteiger charge is 2.30. The molecule has 1 fully saturated rings. The number of nitrogens with one attached hydrogen (secondary N) is 1.